The van der Waals surface area contributed by atoms with Crippen molar-refractivity contribution in [2.45, 2.75) is 6.92 Å². The molecule has 6 nitrogen and oxygen atoms in total. The monoisotopic (exact) mass is 264 g/mol. The quantitative estimate of drug-likeness (QED) is 0.806. The van der Waals surface area contributed by atoms with Gasteiger partial charge in [-0.25, -0.2) is 4.98 Å². The third-order valence-electron chi connectivity index (χ3n) is 2.56. The molecule has 0 N–H and O–H groups in total. The van der Waals surface area contributed by atoms with Crippen molar-refractivity contribution >= 4 is 21.2 Å². The summed E-state index contributed by atoms with van der Waals surface area (Å²) < 4.78 is 26.4. The van der Waals surface area contributed by atoms with Crippen LogP contribution >= 0.6 is 0 Å². The summed E-state index contributed by atoms with van der Waals surface area (Å²) in [6, 6.07) is 7.03. The van der Waals surface area contributed by atoms with Crippen molar-refractivity contribution in [2.75, 3.05) is 14.1 Å². The van der Waals surface area contributed by atoms with E-state index in [2.05, 4.69) is 4.98 Å². The smallest absolute Gasteiger partial charge is 0.218 e. The van der Waals surface area contributed by atoms with Gasteiger partial charge in [0, 0.05) is 14.1 Å². The Morgan fingerprint density at radius 3 is 2.61 bits per heavy atom. The van der Waals surface area contributed by atoms with Gasteiger partial charge in [0.2, 0.25) is 5.82 Å². The Balaban J connectivity index is 2.93. The Bertz CT molecular complexity index is 753. The van der Waals surface area contributed by atoms with Crippen LogP contribution in [0.3, 0.4) is 0 Å². The molecule has 0 atom stereocenters. The van der Waals surface area contributed by atoms with Crippen LogP contribution in [-0.2, 0) is 10.2 Å². The highest BCUT2D eigenvalue weighted by Crippen LogP contribution is 2.20. The van der Waals surface area contributed by atoms with E-state index in [1.54, 1.807) is 12.1 Å². The van der Waals surface area contributed by atoms with Crippen LogP contribution in [0, 0.1) is 18.3 Å². The van der Waals surface area contributed by atoms with Crippen LogP contribution in [0.5, 0.6) is 0 Å². The lowest BCUT2D eigenvalue weighted by Gasteiger charge is -2.13. The number of aromatic nitrogens is 2. The first-order valence-corrected chi connectivity index (χ1v) is 6.60. The minimum absolute atomic E-state index is 0.135. The van der Waals surface area contributed by atoms with E-state index >= 15 is 0 Å². The summed E-state index contributed by atoms with van der Waals surface area (Å²) in [6.07, 6.45) is 0. The van der Waals surface area contributed by atoms with Crippen LogP contribution in [0.15, 0.2) is 18.2 Å². The minimum Gasteiger partial charge on any atom is -0.218 e. The van der Waals surface area contributed by atoms with Gasteiger partial charge in [0.1, 0.15) is 6.07 Å². The van der Waals surface area contributed by atoms with Crippen molar-refractivity contribution < 1.29 is 8.42 Å². The molecule has 0 aliphatic rings. The molecule has 18 heavy (non-hydrogen) atoms. The molecule has 0 aliphatic carbocycles. The van der Waals surface area contributed by atoms with Gasteiger partial charge in [-0.1, -0.05) is 6.07 Å². The zero-order valence-corrected chi connectivity index (χ0v) is 11.1. The molecule has 0 unspecified atom stereocenters. The third kappa shape index (κ3) is 1.75. The maximum atomic E-state index is 12.2. The number of hydrogen-bond donors (Lipinski definition) is 0. The van der Waals surface area contributed by atoms with E-state index in [1.165, 1.54) is 14.1 Å². The zero-order valence-electron chi connectivity index (χ0n) is 10.2. The van der Waals surface area contributed by atoms with Crippen LogP contribution in [0.1, 0.15) is 11.4 Å². The molecule has 0 radical (unpaired) electrons. The van der Waals surface area contributed by atoms with Crippen LogP contribution in [0.25, 0.3) is 11.0 Å². The molecule has 1 aromatic heterocycles. The van der Waals surface area contributed by atoms with Gasteiger partial charge in [-0.3, -0.25) is 0 Å². The summed E-state index contributed by atoms with van der Waals surface area (Å²) in [6.45, 7) is 1.85. The van der Waals surface area contributed by atoms with Crippen molar-refractivity contribution in [3.8, 4) is 6.07 Å². The fourth-order valence-corrected chi connectivity index (χ4v) is 2.65. The molecular formula is C11H12N4O2S. The molecule has 2 rings (SSSR count). The Morgan fingerprint density at radius 1 is 1.39 bits per heavy atom. The predicted molar refractivity (Wildman–Crippen MR) is 67.2 cm³/mol. The summed E-state index contributed by atoms with van der Waals surface area (Å²) in [5.74, 6) is -0.135. The second-order valence-electron chi connectivity index (χ2n) is 4.09. The molecule has 0 amide bonds. The van der Waals surface area contributed by atoms with E-state index in [0.29, 0.717) is 11.0 Å². The maximum Gasteiger partial charge on any atom is 0.309 e. The molecule has 0 aliphatic heterocycles. The molecule has 1 aromatic carbocycles. The molecule has 0 spiro atoms. The Hall–Kier alpha value is -1.91. The summed E-state index contributed by atoms with van der Waals surface area (Å²) in [5.41, 5.74) is 1.81. The minimum atomic E-state index is -3.75. The number of hydrogen-bond acceptors (Lipinski definition) is 4. The second-order valence-corrected chi connectivity index (χ2v) is 6.09. The Morgan fingerprint density at radius 2 is 2.06 bits per heavy atom. The third-order valence-corrected chi connectivity index (χ3v) is 4.31. The fourth-order valence-electron chi connectivity index (χ4n) is 1.63. The van der Waals surface area contributed by atoms with Crippen molar-refractivity contribution in [1.29, 1.82) is 5.26 Å². The second kappa shape index (κ2) is 4.08. The SMILES string of the molecule is Cc1ccc2nc(C#N)n(S(=O)(=O)N(C)C)c2c1. The highest BCUT2D eigenvalue weighted by Gasteiger charge is 2.24. The van der Waals surface area contributed by atoms with Crippen LogP contribution in [0.2, 0.25) is 0 Å². The zero-order chi connectivity index (χ0) is 13.5. The molecule has 0 fully saturated rings. The van der Waals surface area contributed by atoms with Gasteiger partial charge in [-0.2, -0.15) is 22.0 Å². The molecule has 2 aromatic rings. The van der Waals surface area contributed by atoms with Gasteiger partial charge in [0.05, 0.1) is 11.0 Å². The number of nitriles is 1. The Labute approximate surface area is 105 Å². The molecule has 0 bridgehead atoms. The maximum absolute atomic E-state index is 12.2. The van der Waals surface area contributed by atoms with Crippen LogP contribution < -0.4 is 0 Å². The summed E-state index contributed by atoms with van der Waals surface area (Å²) in [7, 11) is -0.925. The number of rotatable bonds is 2. The van der Waals surface area contributed by atoms with Crippen LogP contribution in [0.4, 0.5) is 0 Å². The van der Waals surface area contributed by atoms with E-state index < -0.39 is 10.2 Å². The van der Waals surface area contributed by atoms with Crippen molar-refractivity contribution in [3.63, 3.8) is 0 Å². The lowest BCUT2D eigenvalue weighted by atomic mass is 10.2. The summed E-state index contributed by atoms with van der Waals surface area (Å²) in [5, 5.41) is 9.02. The lowest BCUT2D eigenvalue weighted by Crippen LogP contribution is -2.29. The highest BCUT2D eigenvalue weighted by atomic mass is 32.2. The van der Waals surface area contributed by atoms with E-state index in [-0.39, 0.29) is 5.82 Å². The Kier molecular flexibility index (Phi) is 2.84. The van der Waals surface area contributed by atoms with Gasteiger partial charge >= 0.3 is 10.2 Å². The first-order chi connectivity index (χ1) is 8.37. The van der Waals surface area contributed by atoms with Crippen molar-refractivity contribution in [1.82, 2.24) is 13.3 Å². The topological polar surface area (TPSA) is 79.0 Å². The summed E-state index contributed by atoms with van der Waals surface area (Å²) in [4.78, 5) is 4.02. The average molecular weight is 264 g/mol. The van der Waals surface area contributed by atoms with E-state index in [9.17, 15) is 8.42 Å². The van der Waals surface area contributed by atoms with Gasteiger partial charge in [-0.15, -0.1) is 0 Å². The van der Waals surface area contributed by atoms with E-state index in [4.69, 9.17) is 5.26 Å². The number of benzene rings is 1. The van der Waals surface area contributed by atoms with E-state index in [1.807, 2.05) is 19.1 Å². The largest absolute Gasteiger partial charge is 0.309 e. The number of imidazole rings is 1. The normalized spacial score (nSPS) is 11.9. The van der Waals surface area contributed by atoms with Gasteiger partial charge in [0.15, 0.2) is 0 Å². The first kappa shape index (κ1) is 12.5. The number of nitrogens with zero attached hydrogens (tertiary/aromatic N) is 4. The lowest BCUT2D eigenvalue weighted by molar-refractivity contribution is 0.511. The van der Waals surface area contributed by atoms with Gasteiger partial charge in [-0.05, 0) is 24.6 Å². The molecule has 0 saturated heterocycles. The van der Waals surface area contributed by atoms with Crippen molar-refractivity contribution in [2.24, 2.45) is 0 Å². The molecule has 94 valence electrons. The molecular weight excluding hydrogens is 252 g/mol. The average Bonchev–Trinajstić information content (AvgIpc) is 2.66. The molecule has 0 saturated carbocycles. The summed E-state index contributed by atoms with van der Waals surface area (Å²) >= 11 is 0. The van der Waals surface area contributed by atoms with Crippen LogP contribution in [-0.4, -0.2) is 35.8 Å². The van der Waals surface area contributed by atoms with Gasteiger partial charge < -0.3 is 0 Å². The first-order valence-electron chi connectivity index (χ1n) is 5.20. The standard InChI is InChI=1S/C11H12N4O2S/c1-8-4-5-9-10(6-8)15(11(7-12)13-9)18(16,17)14(2)3/h4-6H,1-3H3. The van der Waals surface area contributed by atoms with Gasteiger partial charge in [0.25, 0.3) is 0 Å². The highest BCUT2D eigenvalue weighted by molar-refractivity contribution is 7.87. The number of aryl methyl sites for hydroxylation is 1. The predicted octanol–water partition coefficient (Wildman–Crippen LogP) is 0.871. The number of fused-ring (bicyclic) bond motifs is 1. The van der Waals surface area contributed by atoms with E-state index in [0.717, 1.165) is 13.8 Å². The molecule has 7 heteroatoms. The molecule has 1 heterocycles. The fraction of sp³-hybridized carbons (Fsp3) is 0.273. The van der Waals surface area contributed by atoms with Crippen molar-refractivity contribution in [3.05, 3.63) is 29.6 Å².